The lowest BCUT2D eigenvalue weighted by molar-refractivity contribution is -0.385. The molecule has 1 atom stereocenters. The van der Waals surface area contributed by atoms with Crippen molar-refractivity contribution < 1.29 is 9.72 Å². The van der Waals surface area contributed by atoms with Gasteiger partial charge in [-0.25, -0.2) is 4.98 Å². The third-order valence-electron chi connectivity index (χ3n) is 3.13. The lowest BCUT2D eigenvalue weighted by Gasteiger charge is -2.24. The Morgan fingerprint density at radius 1 is 1.57 bits per heavy atom. The molecular formula is C13H12ClN3O3S. The monoisotopic (exact) mass is 325 g/mol. The summed E-state index contributed by atoms with van der Waals surface area (Å²) in [6.07, 6.45) is 0.999. The first-order valence-corrected chi connectivity index (χ1v) is 7.28. The number of carbonyl (C=O) groups excluding carboxylic acids is 1. The smallest absolute Gasteiger partial charge is 0.300 e. The predicted octanol–water partition coefficient (Wildman–Crippen LogP) is 3.54. The Bertz CT molecular complexity index is 675. The van der Waals surface area contributed by atoms with Crippen LogP contribution in [0, 0.1) is 10.1 Å². The molecule has 2 rings (SSSR count). The first-order valence-electron chi connectivity index (χ1n) is 6.02. The van der Waals surface area contributed by atoms with Gasteiger partial charge in [-0.15, -0.1) is 11.3 Å². The van der Waals surface area contributed by atoms with Crippen LogP contribution >= 0.6 is 22.9 Å². The largest absolute Gasteiger partial charge is 0.334 e. The van der Waals surface area contributed by atoms with Gasteiger partial charge in [0.05, 0.1) is 11.0 Å². The van der Waals surface area contributed by atoms with Gasteiger partial charge >= 0.3 is 0 Å². The molecule has 0 spiro atoms. The Morgan fingerprint density at radius 2 is 2.29 bits per heavy atom. The first kappa shape index (κ1) is 15.4. The maximum Gasteiger partial charge on any atom is 0.300 e. The topological polar surface area (TPSA) is 76.3 Å². The Morgan fingerprint density at radius 3 is 2.86 bits per heavy atom. The SMILES string of the molecule is CC(c1cccs1)N(C)C(=O)c1cc(Cl)ncc1[N+](=O)[O-]. The number of aromatic nitrogens is 1. The van der Waals surface area contributed by atoms with E-state index in [-0.39, 0.29) is 22.4 Å². The molecule has 0 aliphatic rings. The van der Waals surface area contributed by atoms with Gasteiger partial charge in [0, 0.05) is 11.9 Å². The molecule has 0 bridgehead atoms. The van der Waals surface area contributed by atoms with Gasteiger partial charge < -0.3 is 4.90 Å². The van der Waals surface area contributed by atoms with Crippen molar-refractivity contribution in [2.24, 2.45) is 0 Å². The summed E-state index contributed by atoms with van der Waals surface area (Å²) in [4.78, 5) is 29.0. The molecule has 0 aliphatic carbocycles. The number of hydrogen-bond acceptors (Lipinski definition) is 5. The van der Waals surface area contributed by atoms with E-state index >= 15 is 0 Å². The van der Waals surface area contributed by atoms with Gasteiger partial charge in [-0.1, -0.05) is 17.7 Å². The summed E-state index contributed by atoms with van der Waals surface area (Å²) < 4.78 is 0. The molecule has 2 aromatic heterocycles. The average molecular weight is 326 g/mol. The van der Waals surface area contributed by atoms with Crippen molar-refractivity contribution in [3.8, 4) is 0 Å². The number of hydrogen-bond donors (Lipinski definition) is 0. The zero-order valence-corrected chi connectivity index (χ0v) is 12.9. The molecule has 6 nitrogen and oxygen atoms in total. The molecule has 2 aromatic rings. The number of pyridine rings is 1. The van der Waals surface area contributed by atoms with Crippen LogP contribution in [0.3, 0.4) is 0 Å². The van der Waals surface area contributed by atoms with E-state index in [1.54, 1.807) is 7.05 Å². The minimum Gasteiger partial charge on any atom is -0.334 e. The highest BCUT2D eigenvalue weighted by Crippen LogP contribution is 2.28. The van der Waals surface area contributed by atoms with E-state index in [2.05, 4.69) is 4.98 Å². The van der Waals surface area contributed by atoms with E-state index in [0.29, 0.717) is 0 Å². The van der Waals surface area contributed by atoms with Crippen LogP contribution in [0.15, 0.2) is 29.8 Å². The second kappa shape index (κ2) is 6.19. The number of amides is 1. The summed E-state index contributed by atoms with van der Waals surface area (Å²) in [6, 6.07) is 4.83. The molecule has 0 fully saturated rings. The maximum absolute atomic E-state index is 12.5. The zero-order valence-electron chi connectivity index (χ0n) is 11.3. The second-order valence-electron chi connectivity index (χ2n) is 4.39. The Labute approximate surface area is 130 Å². The van der Waals surface area contributed by atoms with Crippen molar-refractivity contribution in [3.05, 3.63) is 55.5 Å². The lowest BCUT2D eigenvalue weighted by Crippen LogP contribution is -2.29. The molecule has 0 saturated carbocycles. The molecule has 0 N–H and O–H groups in total. The van der Waals surface area contributed by atoms with Crippen molar-refractivity contribution in [2.75, 3.05) is 7.05 Å². The van der Waals surface area contributed by atoms with Crippen molar-refractivity contribution in [1.82, 2.24) is 9.88 Å². The van der Waals surface area contributed by atoms with Gasteiger partial charge in [0.25, 0.3) is 11.6 Å². The van der Waals surface area contributed by atoms with E-state index in [0.717, 1.165) is 11.1 Å². The normalized spacial score (nSPS) is 12.0. The summed E-state index contributed by atoms with van der Waals surface area (Å²) in [5, 5.41) is 13.0. The van der Waals surface area contributed by atoms with E-state index in [9.17, 15) is 14.9 Å². The van der Waals surface area contributed by atoms with Crippen LogP contribution in [0.5, 0.6) is 0 Å². The number of thiophene rings is 1. The third kappa shape index (κ3) is 3.20. The highest BCUT2D eigenvalue weighted by molar-refractivity contribution is 7.10. The van der Waals surface area contributed by atoms with Crippen LogP contribution in [-0.4, -0.2) is 27.8 Å². The highest BCUT2D eigenvalue weighted by Gasteiger charge is 2.27. The summed E-state index contributed by atoms with van der Waals surface area (Å²) in [5.74, 6) is -0.466. The van der Waals surface area contributed by atoms with Gasteiger partial charge in [-0.3, -0.25) is 14.9 Å². The Kier molecular flexibility index (Phi) is 4.54. The Balaban J connectivity index is 2.35. The molecule has 0 aliphatic heterocycles. The van der Waals surface area contributed by atoms with Gasteiger partial charge in [0.1, 0.15) is 16.9 Å². The van der Waals surface area contributed by atoms with Crippen LogP contribution in [0.25, 0.3) is 0 Å². The highest BCUT2D eigenvalue weighted by atomic mass is 35.5. The molecular weight excluding hydrogens is 314 g/mol. The van der Waals surface area contributed by atoms with Crippen LogP contribution in [-0.2, 0) is 0 Å². The van der Waals surface area contributed by atoms with Gasteiger partial charge in [0.2, 0.25) is 0 Å². The fourth-order valence-corrected chi connectivity index (χ4v) is 2.81. The lowest BCUT2D eigenvalue weighted by atomic mass is 10.1. The fraction of sp³-hybridized carbons (Fsp3) is 0.231. The summed E-state index contributed by atoms with van der Waals surface area (Å²) in [7, 11) is 1.60. The third-order valence-corrected chi connectivity index (χ3v) is 4.38. The molecule has 8 heteroatoms. The maximum atomic E-state index is 12.5. The number of nitro groups is 1. The zero-order chi connectivity index (χ0) is 15.6. The van der Waals surface area contributed by atoms with Crippen LogP contribution in [0.4, 0.5) is 5.69 Å². The Hall–Kier alpha value is -1.99. The predicted molar refractivity (Wildman–Crippen MR) is 80.7 cm³/mol. The quantitative estimate of drug-likeness (QED) is 0.489. The fourth-order valence-electron chi connectivity index (χ4n) is 1.83. The summed E-state index contributed by atoms with van der Waals surface area (Å²) in [6.45, 7) is 1.86. The molecule has 21 heavy (non-hydrogen) atoms. The number of carbonyl (C=O) groups is 1. The van der Waals surface area contributed by atoms with Crippen LogP contribution in [0.1, 0.15) is 28.2 Å². The molecule has 0 saturated heterocycles. The van der Waals surface area contributed by atoms with Gasteiger partial charge in [0.15, 0.2) is 0 Å². The molecule has 110 valence electrons. The summed E-state index contributed by atoms with van der Waals surface area (Å²) in [5.41, 5.74) is -0.416. The number of halogens is 1. The van der Waals surface area contributed by atoms with Gasteiger partial charge in [-0.05, 0) is 24.4 Å². The average Bonchev–Trinajstić information content (AvgIpc) is 2.98. The van der Waals surface area contributed by atoms with Crippen LogP contribution < -0.4 is 0 Å². The van der Waals surface area contributed by atoms with E-state index in [4.69, 9.17) is 11.6 Å². The minimum atomic E-state index is -0.639. The van der Waals surface area contributed by atoms with Crippen molar-refractivity contribution in [2.45, 2.75) is 13.0 Å². The molecule has 2 heterocycles. The summed E-state index contributed by atoms with van der Waals surface area (Å²) >= 11 is 7.27. The second-order valence-corrected chi connectivity index (χ2v) is 5.76. The standard InChI is InChI=1S/C13H12ClN3O3S/c1-8(11-4-3-5-21-11)16(2)13(18)9-6-12(14)15-7-10(9)17(19)20/h3-8H,1-2H3. The van der Waals surface area contributed by atoms with E-state index in [1.165, 1.54) is 22.3 Å². The molecule has 0 radical (unpaired) electrons. The molecule has 1 unspecified atom stereocenters. The molecule has 0 aromatic carbocycles. The number of nitrogens with zero attached hydrogens (tertiary/aromatic N) is 3. The van der Waals surface area contributed by atoms with E-state index < -0.39 is 10.8 Å². The van der Waals surface area contributed by atoms with Crippen LogP contribution in [0.2, 0.25) is 5.15 Å². The van der Waals surface area contributed by atoms with Gasteiger partial charge in [-0.2, -0.15) is 0 Å². The number of rotatable bonds is 4. The van der Waals surface area contributed by atoms with Crippen molar-refractivity contribution >= 4 is 34.5 Å². The molecule has 1 amide bonds. The minimum absolute atomic E-state index is 0.0427. The van der Waals surface area contributed by atoms with E-state index in [1.807, 2.05) is 24.4 Å². The van der Waals surface area contributed by atoms with Crippen molar-refractivity contribution in [3.63, 3.8) is 0 Å². The van der Waals surface area contributed by atoms with Crippen molar-refractivity contribution in [1.29, 1.82) is 0 Å². The first-order chi connectivity index (χ1) is 9.91.